The predicted octanol–water partition coefficient (Wildman–Crippen LogP) is 6.17. The largest absolute Gasteiger partial charge is 0.573 e. The highest BCUT2D eigenvalue weighted by Crippen LogP contribution is 2.38. The molecule has 0 saturated heterocycles. The number of hydrogen-bond donors (Lipinski definition) is 1. The number of likely N-dealkylation sites (N-methyl/N-ethyl adjacent to an activating group) is 1. The van der Waals surface area contributed by atoms with E-state index in [9.17, 15) is 35.9 Å². The van der Waals surface area contributed by atoms with Crippen molar-refractivity contribution in [2.24, 2.45) is 0 Å². The molecule has 3 aromatic rings. The van der Waals surface area contributed by atoms with Gasteiger partial charge in [-0.05, 0) is 47.9 Å². The Morgan fingerprint density at radius 2 is 1.29 bits per heavy atom. The van der Waals surface area contributed by atoms with Crippen molar-refractivity contribution in [2.75, 3.05) is 20.2 Å². The maximum atomic E-state index is 13.4. The molecule has 0 atom stereocenters. The van der Waals surface area contributed by atoms with E-state index in [1.54, 1.807) is 37.3 Å². The summed E-state index contributed by atoms with van der Waals surface area (Å²) in [6.07, 6.45) is -10.2. The van der Waals surface area contributed by atoms with Crippen LogP contribution < -0.4 is 14.8 Å². The molecular formula is C28H26F6N2O5. The number of urea groups is 1. The number of ether oxygens (including phenoxy) is 3. The Morgan fingerprint density at radius 1 is 0.780 bits per heavy atom. The molecular weight excluding hydrogens is 558 g/mol. The summed E-state index contributed by atoms with van der Waals surface area (Å²) < 4.78 is 91.6. The molecule has 0 aliphatic heterocycles. The van der Waals surface area contributed by atoms with Gasteiger partial charge in [-0.2, -0.15) is 0 Å². The highest BCUT2D eigenvalue weighted by molar-refractivity contribution is 5.82. The average Bonchev–Trinajstić information content (AvgIpc) is 2.87. The lowest BCUT2D eigenvalue weighted by atomic mass is 9.77. The highest BCUT2D eigenvalue weighted by Gasteiger charge is 2.40. The molecule has 0 aliphatic carbocycles. The van der Waals surface area contributed by atoms with Crippen LogP contribution in [0.25, 0.3) is 0 Å². The van der Waals surface area contributed by atoms with Crippen molar-refractivity contribution >= 4 is 12.0 Å². The topological polar surface area (TPSA) is 77.1 Å². The number of nitrogens with zero attached hydrogens (tertiary/aromatic N) is 1. The first-order valence-electron chi connectivity index (χ1n) is 12.2. The van der Waals surface area contributed by atoms with Crippen molar-refractivity contribution in [3.63, 3.8) is 0 Å². The van der Waals surface area contributed by atoms with Gasteiger partial charge in [0.05, 0.1) is 12.1 Å². The smallest absolute Gasteiger partial charge is 0.465 e. The van der Waals surface area contributed by atoms with Crippen molar-refractivity contribution < 1.29 is 50.1 Å². The highest BCUT2D eigenvalue weighted by atomic mass is 19.4. The summed E-state index contributed by atoms with van der Waals surface area (Å²) >= 11 is 0. The third-order valence-electron chi connectivity index (χ3n) is 5.77. The average molecular weight is 585 g/mol. The third kappa shape index (κ3) is 9.05. The fourth-order valence-electron chi connectivity index (χ4n) is 4.13. The van der Waals surface area contributed by atoms with Crippen LogP contribution in [0.15, 0.2) is 78.9 Å². The van der Waals surface area contributed by atoms with Crippen LogP contribution in [0.5, 0.6) is 11.5 Å². The number of nitrogens with one attached hydrogen (secondary N) is 1. The van der Waals surface area contributed by atoms with Gasteiger partial charge in [-0.15, -0.1) is 26.3 Å². The summed E-state index contributed by atoms with van der Waals surface area (Å²) in [4.78, 5) is 26.4. The molecule has 0 bridgehead atoms. The first-order valence-corrected chi connectivity index (χ1v) is 12.2. The van der Waals surface area contributed by atoms with Crippen LogP contribution in [0.4, 0.5) is 31.1 Å². The molecule has 2 amide bonds. The zero-order chi connectivity index (χ0) is 30.3. The molecule has 0 aliphatic rings. The number of carbonyl (C=O) groups is 2. The SMILES string of the molecule is CCOC(=O)CN(C)C(=O)NC(Cc1ccccc1)(c1cccc(OC(F)(F)F)c1)c1cccc(OC(F)(F)F)c1. The van der Waals surface area contributed by atoms with Gasteiger partial charge in [-0.1, -0.05) is 54.6 Å². The van der Waals surface area contributed by atoms with Gasteiger partial charge in [-0.25, -0.2) is 4.79 Å². The summed E-state index contributed by atoms with van der Waals surface area (Å²) in [5.41, 5.74) is -1.11. The zero-order valence-corrected chi connectivity index (χ0v) is 21.9. The van der Waals surface area contributed by atoms with Gasteiger partial charge in [0.15, 0.2) is 0 Å². The van der Waals surface area contributed by atoms with Crippen molar-refractivity contribution in [2.45, 2.75) is 31.6 Å². The summed E-state index contributed by atoms with van der Waals surface area (Å²) in [5.74, 6) is -1.96. The van der Waals surface area contributed by atoms with E-state index in [-0.39, 0.29) is 24.2 Å². The molecule has 3 rings (SSSR count). The lowest BCUT2D eigenvalue weighted by Crippen LogP contribution is -2.53. The number of amides is 2. The summed E-state index contributed by atoms with van der Waals surface area (Å²) in [7, 11) is 1.28. The second-order valence-corrected chi connectivity index (χ2v) is 8.81. The standard InChI is InChI=1S/C28H26F6N2O5/c1-3-39-24(37)18-36(2)25(38)35-26(17-19-9-5-4-6-10-19,20-11-7-13-22(15-20)40-27(29,30)31)21-12-8-14-23(16-21)41-28(32,33)34/h4-16H,3,17-18H2,1-2H3,(H,35,38). The molecule has 0 radical (unpaired) electrons. The zero-order valence-electron chi connectivity index (χ0n) is 21.9. The second-order valence-electron chi connectivity index (χ2n) is 8.81. The Morgan fingerprint density at radius 3 is 1.76 bits per heavy atom. The minimum atomic E-state index is -5.04. The molecule has 0 heterocycles. The predicted molar refractivity (Wildman–Crippen MR) is 135 cm³/mol. The normalized spacial score (nSPS) is 11.9. The van der Waals surface area contributed by atoms with E-state index in [1.165, 1.54) is 31.3 Å². The molecule has 1 N–H and O–H groups in total. The van der Waals surface area contributed by atoms with Crippen LogP contribution in [0.2, 0.25) is 0 Å². The first-order chi connectivity index (χ1) is 19.2. The van der Waals surface area contributed by atoms with Crippen LogP contribution in [-0.4, -0.2) is 49.8 Å². The molecule has 220 valence electrons. The van der Waals surface area contributed by atoms with Crippen molar-refractivity contribution in [3.05, 3.63) is 95.6 Å². The Kier molecular flexibility index (Phi) is 9.74. The lowest BCUT2D eigenvalue weighted by molar-refractivity contribution is -0.275. The molecule has 0 aromatic heterocycles. The number of benzene rings is 3. The van der Waals surface area contributed by atoms with Gasteiger partial charge in [0.1, 0.15) is 18.0 Å². The number of halogens is 6. The van der Waals surface area contributed by atoms with E-state index in [2.05, 4.69) is 14.8 Å². The van der Waals surface area contributed by atoms with E-state index >= 15 is 0 Å². The fourth-order valence-corrected chi connectivity index (χ4v) is 4.13. The van der Waals surface area contributed by atoms with Gasteiger partial charge in [0.25, 0.3) is 0 Å². The quantitative estimate of drug-likeness (QED) is 0.228. The van der Waals surface area contributed by atoms with Crippen LogP contribution in [0.1, 0.15) is 23.6 Å². The fraction of sp³-hybridized carbons (Fsp3) is 0.286. The number of esters is 1. The maximum absolute atomic E-state index is 13.4. The second kappa shape index (κ2) is 12.8. The van der Waals surface area contributed by atoms with Crippen molar-refractivity contribution in [3.8, 4) is 11.5 Å². The molecule has 0 fully saturated rings. The summed E-state index contributed by atoms with van der Waals surface area (Å²) in [6.45, 7) is 1.16. The Hall–Kier alpha value is -4.42. The number of alkyl halides is 6. The van der Waals surface area contributed by atoms with Crippen molar-refractivity contribution in [1.82, 2.24) is 10.2 Å². The van der Waals surface area contributed by atoms with Crippen LogP contribution in [0.3, 0.4) is 0 Å². The van der Waals surface area contributed by atoms with E-state index < -0.39 is 48.3 Å². The van der Waals surface area contributed by atoms with Gasteiger partial charge in [0.2, 0.25) is 0 Å². The Balaban J connectivity index is 2.23. The van der Waals surface area contributed by atoms with Crippen LogP contribution in [0, 0.1) is 0 Å². The van der Waals surface area contributed by atoms with Gasteiger partial charge < -0.3 is 24.4 Å². The van der Waals surface area contributed by atoms with Gasteiger partial charge in [-0.3, -0.25) is 4.79 Å². The van der Waals surface area contributed by atoms with Crippen LogP contribution >= 0.6 is 0 Å². The third-order valence-corrected chi connectivity index (χ3v) is 5.77. The molecule has 0 unspecified atom stereocenters. The van der Waals surface area contributed by atoms with E-state index in [0.29, 0.717) is 5.56 Å². The Labute approximate surface area is 231 Å². The lowest BCUT2D eigenvalue weighted by Gasteiger charge is -2.38. The molecule has 7 nitrogen and oxygen atoms in total. The van der Waals surface area contributed by atoms with Gasteiger partial charge in [0, 0.05) is 13.5 Å². The van der Waals surface area contributed by atoms with E-state index in [1.807, 2.05) is 0 Å². The van der Waals surface area contributed by atoms with Crippen molar-refractivity contribution in [1.29, 1.82) is 0 Å². The van der Waals surface area contributed by atoms with E-state index in [0.717, 1.165) is 29.2 Å². The first kappa shape index (κ1) is 31.1. The molecule has 13 heteroatoms. The minimum absolute atomic E-state index is 0.0464. The number of rotatable bonds is 10. The molecule has 3 aromatic carbocycles. The minimum Gasteiger partial charge on any atom is -0.465 e. The summed E-state index contributed by atoms with van der Waals surface area (Å²) in [6, 6.07) is 17.0. The molecule has 0 saturated carbocycles. The molecule has 0 spiro atoms. The monoisotopic (exact) mass is 584 g/mol. The number of hydrogen-bond acceptors (Lipinski definition) is 5. The number of carbonyl (C=O) groups excluding carboxylic acids is 2. The Bertz CT molecular complexity index is 1270. The van der Waals surface area contributed by atoms with E-state index in [4.69, 9.17) is 4.74 Å². The summed E-state index contributed by atoms with van der Waals surface area (Å²) in [5, 5.41) is 2.74. The van der Waals surface area contributed by atoms with Gasteiger partial charge >= 0.3 is 24.7 Å². The van der Waals surface area contributed by atoms with Crippen LogP contribution in [-0.2, 0) is 21.5 Å². The maximum Gasteiger partial charge on any atom is 0.573 e. The molecule has 41 heavy (non-hydrogen) atoms.